The first-order valence-electron chi connectivity index (χ1n) is 13.4. The van der Waals surface area contributed by atoms with E-state index in [1.807, 2.05) is 42.5 Å². The first-order chi connectivity index (χ1) is 21.4. The van der Waals surface area contributed by atoms with Crippen molar-refractivity contribution in [1.82, 2.24) is 4.98 Å². The Morgan fingerprint density at radius 1 is 0.545 bits per heavy atom. The van der Waals surface area contributed by atoms with Gasteiger partial charge in [-0.2, -0.15) is 0 Å². The molecule has 5 aromatic rings. The summed E-state index contributed by atoms with van der Waals surface area (Å²) < 4.78 is 11.5. The number of hydrogen-bond acceptors (Lipinski definition) is 9. The minimum atomic E-state index is -0.453. The summed E-state index contributed by atoms with van der Waals surface area (Å²) in [6, 6.07) is 32.3. The molecule has 11 nitrogen and oxygen atoms in total. The molecule has 0 saturated carbocycles. The average molecular weight is 588 g/mol. The number of benzene rings is 4. The third kappa shape index (κ3) is 8.40. The molecule has 1 aromatic heterocycles. The first kappa shape index (κ1) is 29.3. The van der Waals surface area contributed by atoms with Crippen molar-refractivity contribution in [3.63, 3.8) is 0 Å². The molecule has 0 aliphatic carbocycles. The van der Waals surface area contributed by atoms with Crippen LogP contribution in [0, 0.1) is 20.2 Å². The molecule has 0 unspecified atom stereocenters. The van der Waals surface area contributed by atoms with Crippen LogP contribution in [0.4, 0.5) is 11.4 Å². The van der Waals surface area contributed by atoms with Gasteiger partial charge < -0.3 is 9.47 Å². The highest BCUT2D eigenvalue weighted by molar-refractivity contribution is 5.80. The predicted octanol–water partition coefficient (Wildman–Crippen LogP) is 7.72. The van der Waals surface area contributed by atoms with E-state index >= 15 is 0 Å². The maximum absolute atomic E-state index is 10.8. The highest BCUT2D eigenvalue weighted by Gasteiger charge is 2.06. The third-order valence-corrected chi connectivity index (χ3v) is 6.18. The predicted molar refractivity (Wildman–Crippen MR) is 166 cm³/mol. The van der Waals surface area contributed by atoms with Crippen LogP contribution in [0.15, 0.2) is 125 Å². The van der Waals surface area contributed by atoms with Crippen LogP contribution in [0.25, 0.3) is 0 Å². The SMILES string of the molecule is O=[N+]([O-])c1ccc(Oc2ccc(C=NCc3cccc(CN=Cc4ccc(Oc5ccc([N+](=O)[O-])cc5)cc4)n3)cc2)cc1. The highest BCUT2D eigenvalue weighted by Crippen LogP contribution is 2.25. The van der Waals surface area contributed by atoms with Crippen molar-refractivity contribution in [2.24, 2.45) is 9.98 Å². The minimum absolute atomic E-state index is 0.00877. The Kier molecular flexibility index (Phi) is 9.38. The zero-order valence-corrected chi connectivity index (χ0v) is 23.2. The number of non-ortho nitro benzene ring substituents is 2. The van der Waals surface area contributed by atoms with Crippen LogP contribution in [0.2, 0.25) is 0 Å². The van der Waals surface area contributed by atoms with Gasteiger partial charge in [-0.1, -0.05) is 6.07 Å². The molecule has 1 heterocycles. The van der Waals surface area contributed by atoms with E-state index in [9.17, 15) is 20.2 Å². The first-order valence-corrected chi connectivity index (χ1v) is 13.4. The summed E-state index contributed by atoms with van der Waals surface area (Å²) in [5.41, 5.74) is 3.44. The van der Waals surface area contributed by atoms with E-state index in [-0.39, 0.29) is 11.4 Å². The third-order valence-electron chi connectivity index (χ3n) is 6.18. The van der Waals surface area contributed by atoms with Crippen LogP contribution in [0.5, 0.6) is 23.0 Å². The van der Waals surface area contributed by atoms with E-state index in [1.54, 1.807) is 61.0 Å². The van der Waals surface area contributed by atoms with E-state index in [1.165, 1.54) is 24.3 Å². The van der Waals surface area contributed by atoms with Crippen molar-refractivity contribution in [3.8, 4) is 23.0 Å². The lowest BCUT2D eigenvalue weighted by Crippen LogP contribution is -1.94. The molecule has 0 aliphatic heterocycles. The molecular weight excluding hydrogens is 562 g/mol. The summed E-state index contributed by atoms with van der Waals surface area (Å²) in [5, 5.41) is 21.6. The second-order valence-corrected chi connectivity index (χ2v) is 9.40. The Bertz CT molecular complexity index is 1660. The quantitative estimate of drug-likeness (QED) is 0.0826. The average Bonchev–Trinajstić information content (AvgIpc) is 3.03. The molecule has 11 heteroatoms. The van der Waals surface area contributed by atoms with Gasteiger partial charge in [0, 0.05) is 36.7 Å². The van der Waals surface area contributed by atoms with Crippen molar-refractivity contribution in [3.05, 3.63) is 158 Å². The zero-order chi connectivity index (χ0) is 30.7. The van der Waals surface area contributed by atoms with Crippen molar-refractivity contribution >= 4 is 23.8 Å². The number of pyridine rings is 1. The molecule has 218 valence electrons. The number of nitro benzene ring substituents is 2. The summed E-state index contributed by atoms with van der Waals surface area (Å²) in [5.74, 6) is 2.24. The summed E-state index contributed by atoms with van der Waals surface area (Å²) in [4.78, 5) is 34.3. The van der Waals surface area contributed by atoms with E-state index in [4.69, 9.17) is 9.47 Å². The standard InChI is InChI=1S/C33H25N5O6/c39-37(40)28-8-16-32(17-9-28)43-30-12-4-24(5-13-30)20-34-22-26-2-1-3-27(36-26)23-35-21-25-6-14-31(15-7-25)44-33-18-10-29(11-19-33)38(41)42/h1-21H,22-23H2. The Labute approximate surface area is 252 Å². The smallest absolute Gasteiger partial charge is 0.269 e. The van der Waals surface area contributed by atoms with Crippen LogP contribution in [0.3, 0.4) is 0 Å². The molecule has 0 spiro atoms. The molecule has 0 bridgehead atoms. The van der Waals surface area contributed by atoms with Crippen molar-refractivity contribution in [1.29, 1.82) is 0 Å². The summed E-state index contributed by atoms with van der Waals surface area (Å²) in [7, 11) is 0. The summed E-state index contributed by atoms with van der Waals surface area (Å²) in [6.07, 6.45) is 3.52. The summed E-state index contributed by atoms with van der Waals surface area (Å²) in [6.45, 7) is 0.823. The topological polar surface area (TPSA) is 142 Å². The number of hydrogen-bond donors (Lipinski definition) is 0. The number of nitro groups is 2. The van der Waals surface area contributed by atoms with Gasteiger partial charge in [0.05, 0.1) is 34.3 Å². The van der Waals surface area contributed by atoms with Crippen molar-refractivity contribution in [2.75, 3.05) is 0 Å². The molecule has 0 amide bonds. The maximum Gasteiger partial charge on any atom is 0.269 e. The van der Waals surface area contributed by atoms with Crippen LogP contribution in [-0.4, -0.2) is 27.3 Å². The normalized spacial score (nSPS) is 11.1. The maximum atomic E-state index is 10.8. The van der Waals surface area contributed by atoms with Crippen molar-refractivity contribution in [2.45, 2.75) is 13.1 Å². The fourth-order valence-electron chi connectivity index (χ4n) is 3.98. The number of rotatable bonds is 12. The number of nitrogens with zero attached hydrogens (tertiary/aromatic N) is 5. The van der Waals surface area contributed by atoms with Crippen LogP contribution in [0.1, 0.15) is 22.5 Å². The Balaban J connectivity index is 1.09. The fraction of sp³-hybridized carbons (Fsp3) is 0.0606. The molecule has 0 saturated heterocycles. The highest BCUT2D eigenvalue weighted by atomic mass is 16.6. The van der Waals surface area contributed by atoms with Gasteiger partial charge in [0.25, 0.3) is 11.4 Å². The van der Waals surface area contributed by atoms with Gasteiger partial charge in [-0.05, 0) is 96.1 Å². The van der Waals surface area contributed by atoms with Crippen LogP contribution >= 0.6 is 0 Å². The molecule has 4 aromatic carbocycles. The second kappa shape index (κ2) is 14.1. The molecule has 0 fully saturated rings. The Morgan fingerprint density at radius 2 is 0.886 bits per heavy atom. The lowest BCUT2D eigenvalue weighted by atomic mass is 10.2. The van der Waals surface area contributed by atoms with Gasteiger partial charge in [0.2, 0.25) is 0 Å². The Hall–Kier alpha value is -6.23. The lowest BCUT2D eigenvalue weighted by Gasteiger charge is -2.05. The van der Waals surface area contributed by atoms with Gasteiger partial charge in [0.1, 0.15) is 23.0 Å². The van der Waals surface area contributed by atoms with Gasteiger partial charge in [-0.3, -0.25) is 35.2 Å². The second-order valence-electron chi connectivity index (χ2n) is 9.40. The lowest BCUT2D eigenvalue weighted by molar-refractivity contribution is -0.385. The Morgan fingerprint density at radius 3 is 1.23 bits per heavy atom. The number of ether oxygens (including phenoxy) is 2. The minimum Gasteiger partial charge on any atom is -0.457 e. The largest absolute Gasteiger partial charge is 0.457 e. The van der Waals surface area contributed by atoms with E-state index in [0.29, 0.717) is 36.1 Å². The van der Waals surface area contributed by atoms with Crippen LogP contribution < -0.4 is 9.47 Å². The van der Waals surface area contributed by atoms with Gasteiger partial charge >= 0.3 is 0 Å². The van der Waals surface area contributed by atoms with Gasteiger partial charge in [-0.15, -0.1) is 0 Å². The summed E-state index contributed by atoms with van der Waals surface area (Å²) >= 11 is 0. The molecule has 0 atom stereocenters. The number of aliphatic imine (C=N–C) groups is 2. The monoisotopic (exact) mass is 587 g/mol. The fourth-order valence-corrected chi connectivity index (χ4v) is 3.98. The number of aromatic nitrogens is 1. The molecule has 5 rings (SSSR count). The van der Waals surface area contributed by atoms with Gasteiger partial charge in [0.15, 0.2) is 0 Å². The van der Waals surface area contributed by atoms with E-state index in [0.717, 1.165) is 22.5 Å². The zero-order valence-electron chi connectivity index (χ0n) is 23.2. The van der Waals surface area contributed by atoms with E-state index < -0.39 is 9.85 Å². The van der Waals surface area contributed by atoms with Crippen LogP contribution in [-0.2, 0) is 13.1 Å². The van der Waals surface area contributed by atoms with Gasteiger partial charge in [-0.25, -0.2) is 0 Å². The molecule has 0 radical (unpaired) electrons. The molecule has 0 aliphatic rings. The molecule has 0 N–H and O–H groups in total. The molecular formula is C33H25N5O6. The molecule has 44 heavy (non-hydrogen) atoms. The van der Waals surface area contributed by atoms with Crippen molar-refractivity contribution < 1.29 is 19.3 Å². The van der Waals surface area contributed by atoms with E-state index in [2.05, 4.69) is 15.0 Å².